The van der Waals surface area contributed by atoms with Gasteiger partial charge in [0.15, 0.2) is 0 Å². The molecule has 110 valence electrons. The van der Waals surface area contributed by atoms with E-state index < -0.39 is 0 Å². The summed E-state index contributed by atoms with van der Waals surface area (Å²) in [4.78, 5) is 2.66. The third-order valence-corrected chi connectivity index (χ3v) is 3.88. The standard InChI is InChI=1S/C14H31N2.C2H6/c1-13(2)14-7-10-15(11-8-14)9-6-12-16(3,4)5;1-2/h13-14H,6-12H2,1-5H3;1-2H3/q+1;. The molecule has 0 amide bonds. The van der Waals surface area contributed by atoms with E-state index in [-0.39, 0.29) is 0 Å². The van der Waals surface area contributed by atoms with Crippen LogP contribution in [-0.4, -0.2) is 56.7 Å². The van der Waals surface area contributed by atoms with Gasteiger partial charge in [-0.3, -0.25) is 0 Å². The second-order valence-corrected chi connectivity index (χ2v) is 6.79. The Kier molecular flexibility index (Phi) is 8.89. The van der Waals surface area contributed by atoms with Crippen molar-refractivity contribution in [2.45, 2.75) is 47.0 Å². The Morgan fingerprint density at radius 1 is 1.06 bits per heavy atom. The van der Waals surface area contributed by atoms with Crippen molar-refractivity contribution in [1.29, 1.82) is 0 Å². The predicted octanol–water partition coefficient (Wildman–Crippen LogP) is 3.48. The predicted molar refractivity (Wildman–Crippen MR) is 82.9 cm³/mol. The van der Waals surface area contributed by atoms with E-state index in [1.54, 1.807) is 0 Å². The first-order chi connectivity index (χ1) is 8.38. The lowest BCUT2D eigenvalue weighted by Gasteiger charge is -2.34. The summed E-state index contributed by atoms with van der Waals surface area (Å²) in [5.41, 5.74) is 0. The number of piperidine rings is 1. The molecule has 1 fully saturated rings. The van der Waals surface area contributed by atoms with E-state index in [4.69, 9.17) is 0 Å². The molecule has 1 aliphatic heterocycles. The van der Waals surface area contributed by atoms with Gasteiger partial charge in [-0.25, -0.2) is 0 Å². The topological polar surface area (TPSA) is 3.24 Å². The van der Waals surface area contributed by atoms with Gasteiger partial charge in [0.1, 0.15) is 0 Å². The van der Waals surface area contributed by atoms with Gasteiger partial charge in [-0.05, 0) is 37.8 Å². The lowest BCUT2D eigenvalue weighted by Crippen LogP contribution is -2.40. The van der Waals surface area contributed by atoms with Gasteiger partial charge < -0.3 is 9.38 Å². The molecular formula is C16H37N2+. The van der Waals surface area contributed by atoms with Crippen LogP contribution in [0.15, 0.2) is 0 Å². The van der Waals surface area contributed by atoms with Gasteiger partial charge in [0.25, 0.3) is 0 Å². The lowest BCUT2D eigenvalue weighted by atomic mass is 9.87. The highest BCUT2D eigenvalue weighted by Gasteiger charge is 2.21. The maximum Gasteiger partial charge on any atom is 0.0792 e. The zero-order valence-corrected chi connectivity index (χ0v) is 14.0. The van der Waals surface area contributed by atoms with Crippen LogP contribution in [0.1, 0.15) is 47.0 Å². The molecule has 0 spiro atoms. The summed E-state index contributed by atoms with van der Waals surface area (Å²) in [5.74, 6) is 1.86. The highest BCUT2D eigenvalue weighted by atomic mass is 15.3. The quantitative estimate of drug-likeness (QED) is 0.682. The normalized spacial score (nSPS) is 18.7. The SMILES string of the molecule is CC.CC(C)C1CCN(CCC[N+](C)(C)C)CC1. The van der Waals surface area contributed by atoms with E-state index in [0.29, 0.717) is 0 Å². The fourth-order valence-electron chi connectivity index (χ4n) is 2.61. The molecule has 0 unspecified atom stereocenters. The summed E-state index contributed by atoms with van der Waals surface area (Å²) in [7, 11) is 6.85. The van der Waals surface area contributed by atoms with Crippen molar-refractivity contribution in [1.82, 2.24) is 4.90 Å². The van der Waals surface area contributed by atoms with Crippen LogP contribution in [0.25, 0.3) is 0 Å². The fraction of sp³-hybridized carbons (Fsp3) is 1.00. The Morgan fingerprint density at radius 3 is 1.94 bits per heavy atom. The van der Waals surface area contributed by atoms with E-state index in [1.165, 1.54) is 45.4 Å². The van der Waals surface area contributed by atoms with E-state index in [2.05, 4.69) is 39.9 Å². The summed E-state index contributed by atoms with van der Waals surface area (Å²) in [6, 6.07) is 0. The molecule has 1 heterocycles. The summed E-state index contributed by atoms with van der Waals surface area (Å²) in [6.45, 7) is 14.0. The molecule has 0 aromatic heterocycles. The second-order valence-electron chi connectivity index (χ2n) is 6.79. The molecular weight excluding hydrogens is 220 g/mol. The number of likely N-dealkylation sites (tertiary alicyclic amines) is 1. The monoisotopic (exact) mass is 257 g/mol. The van der Waals surface area contributed by atoms with Crippen LogP contribution < -0.4 is 0 Å². The number of rotatable bonds is 5. The molecule has 0 bridgehead atoms. The lowest BCUT2D eigenvalue weighted by molar-refractivity contribution is -0.870. The third kappa shape index (κ3) is 8.10. The van der Waals surface area contributed by atoms with Gasteiger partial charge in [-0.15, -0.1) is 0 Å². The Labute approximate surface area is 116 Å². The first-order valence-electron chi connectivity index (χ1n) is 7.91. The van der Waals surface area contributed by atoms with Crippen molar-refractivity contribution in [2.24, 2.45) is 11.8 Å². The van der Waals surface area contributed by atoms with Gasteiger partial charge in [0.05, 0.1) is 27.7 Å². The molecule has 0 aromatic carbocycles. The molecule has 0 atom stereocenters. The Bertz CT molecular complexity index is 186. The second kappa shape index (κ2) is 8.92. The molecule has 1 aliphatic rings. The van der Waals surface area contributed by atoms with Gasteiger partial charge >= 0.3 is 0 Å². The number of hydrogen-bond donors (Lipinski definition) is 0. The first kappa shape index (κ1) is 17.9. The molecule has 0 saturated carbocycles. The number of hydrogen-bond acceptors (Lipinski definition) is 1. The molecule has 18 heavy (non-hydrogen) atoms. The highest BCUT2D eigenvalue weighted by Crippen LogP contribution is 2.24. The van der Waals surface area contributed by atoms with Crippen molar-refractivity contribution in [3.63, 3.8) is 0 Å². The largest absolute Gasteiger partial charge is 0.331 e. The average Bonchev–Trinajstić information content (AvgIpc) is 2.30. The van der Waals surface area contributed by atoms with E-state index in [9.17, 15) is 0 Å². The fourth-order valence-corrected chi connectivity index (χ4v) is 2.61. The third-order valence-electron chi connectivity index (χ3n) is 3.88. The van der Waals surface area contributed by atoms with Crippen molar-refractivity contribution in [3.8, 4) is 0 Å². The molecule has 0 aliphatic carbocycles. The summed E-state index contributed by atoms with van der Waals surface area (Å²) in [5, 5.41) is 0. The van der Waals surface area contributed by atoms with Gasteiger partial charge in [0.2, 0.25) is 0 Å². The Balaban J connectivity index is 0.00000137. The van der Waals surface area contributed by atoms with E-state index in [0.717, 1.165) is 16.3 Å². The maximum atomic E-state index is 2.66. The molecule has 0 N–H and O–H groups in total. The first-order valence-corrected chi connectivity index (χ1v) is 7.91. The summed E-state index contributed by atoms with van der Waals surface area (Å²) >= 11 is 0. The van der Waals surface area contributed by atoms with Crippen molar-refractivity contribution in [3.05, 3.63) is 0 Å². The molecule has 0 aromatic rings. The van der Waals surface area contributed by atoms with E-state index >= 15 is 0 Å². The minimum absolute atomic E-state index is 0.883. The number of quaternary nitrogens is 1. The van der Waals surface area contributed by atoms with Crippen LogP contribution in [0.4, 0.5) is 0 Å². The molecule has 1 rings (SSSR count). The number of nitrogens with zero attached hydrogens (tertiary/aromatic N) is 2. The zero-order valence-electron chi connectivity index (χ0n) is 14.0. The molecule has 2 nitrogen and oxygen atoms in total. The van der Waals surface area contributed by atoms with Crippen LogP contribution >= 0.6 is 0 Å². The van der Waals surface area contributed by atoms with Crippen molar-refractivity contribution in [2.75, 3.05) is 47.3 Å². The molecule has 2 heteroatoms. The maximum absolute atomic E-state index is 2.66. The van der Waals surface area contributed by atoms with Crippen LogP contribution in [0.3, 0.4) is 0 Å². The minimum atomic E-state index is 0.883. The average molecular weight is 257 g/mol. The van der Waals surface area contributed by atoms with Crippen LogP contribution in [0.2, 0.25) is 0 Å². The molecule has 0 radical (unpaired) electrons. The van der Waals surface area contributed by atoms with Crippen molar-refractivity contribution >= 4 is 0 Å². The van der Waals surface area contributed by atoms with Crippen molar-refractivity contribution < 1.29 is 4.48 Å². The van der Waals surface area contributed by atoms with Crippen LogP contribution in [0, 0.1) is 11.8 Å². The van der Waals surface area contributed by atoms with Crippen LogP contribution in [-0.2, 0) is 0 Å². The van der Waals surface area contributed by atoms with E-state index in [1.807, 2.05) is 13.8 Å². The summed E-state index contributed by atoms with van der Waals surface area (Å²) < 4.78 is 1.10. The molecule has 1 saturated heterocycles. The summed E-state index contributed by atoms with van der Waals surface area (Å²) in [6.07, 6.45) is 4.18. The zero-order chi connectivity index (χ0) is 14.2. The smallest absolute Gasteiger partial charge is 0.0792 e. The van der Waals surface area contributed by atoms with Gasteiger partial charge in [0, 0.05) is 13.0 Å². The Morgan fingerprint density at radius 2 is 1.56 bits per heavy atom. The van der Waals surface area contributed by atoms with Gasteiger partial charge in [-0.2, -0.15) is 0 Å². The highest BCUT2D eigenvalue weighted by molar-refractivity contribution is 4.74. The van der Waals surface area contributed by atoms with Gasteiger partial charge in [-0.1, -0.05) is 27.7 Å². The minimum Gasteiger partial charge on any atom is -0.331 e. The Hall–Kier alpha value is -0.0800. The van der Waals surface area contributed by atoms with Crippen LogP contribution in [0.5, 0.6) is 0 Å².